The lowest BCUT2D eigenvalue weighted by atomic mass is 9.90. The molecule has 1 heterocycles. The number of hydrogen-bond acceptors (Lipinski definition) is 6. The molecule has 1 unspecified atom stereocenters. The van der Waals surface area contributed by atoms with Crippen LogP contribution in [0, 0.1) is 5.82 Å². The van der Waals surface area contributed by atoms with Gasteiger partial charge in [-0.1, -0.05) is 30.3 Å². The number of carboxylic acids is 1. The zero-order chi connectivity index (χ0) is 29.0. The Bertz CT molecular complexity index is 1540. The summed E-state index contributed by atoms with van der Waals surface area (Å²) in [5.74, 6) is -2.52. The lowest BCUT2D eigenvalue weighted by Crippen LogP contribution is -2.35. The Morgan fingerprint density at radius 2 is 1.70 bits per heavy atom. The van der Waals surface area contributed by atoms with Gasteiger partial charge in [-0.05, 0) is 73.6 Å². The van der Waals surface area contributed by atoms with Gasteiger partial charge >= 0.3 is 5.97 Å². The van der Waals surface area contributed by atoms with Crippen molar-refractivity contribution in [3.63, 3.8) is 0 Å². The predicted octanol–water partition coefficient (Wildman–Crippen LogP) is 4.03. The van der Waals surface area contributed by atoms with Gasteiger partial charge in [0.25, 0.3) is 0 Å². The molecule has 4 rings (SSSR count). The molecular formula is C29H31FN4O5S. The van der Waals surface area contributed by atoms with E-state index in [4.69, 9.17) is 10.1 Å². The topological polar surface area (TPSA) is 119 Å². The average molecular weight is 567 g/mol. The number of amides is 1. The second kappa shape index (κ2) is 12.0. The second-order valence-corrected chi connectivity index (χ2v) is 11.8. The van der Waals surface area contributed by atoms with Crippen molar-refractivity contribution in [2.24, 2.45) is 4.99 Å². The van der Waals surface area contributed by atoms with E-state index in [1.54, 1.807) is 54.6 Å². The molecule has 0 radical (unpaired) electrons. The zero-order valence-corrected chi connectivity index (χ0v) is 23.3. The Morgan fingerprint density at radius 1 is 1.02 bits per heavy atom. The zero-order valence-electron chi connectivity index (χ0n) is 22.5. The minimum atomic E-state index is -3.51. The van der Waals surface area contributed by atoms with Crippen LogP contribution in [-0.2, 0) is 26.0 Å². The first-order valence-corrected chi connectivity index (χ1v) is 14.5. The monoisotopic (exact) mass is 566 g/mol. The lowest BCUT2D eigenvalue weighted by molar-refractivity contribution is -0.137. The maximum atomic E-state index is 13.9. The molecule has 1 aliphatic heterocycles. The fourth-order valence-electron chi connectivity index (χ4n) is 4.51. The summed E-state index contributed by atoms with van der Waals surface area (Å²) in [5.41, 5.74) is 3.85. The fraction of sp³-hybridized carbons (Fsp3) is 0.276. The smallest absolute Gasteiger partial charge is 0.303 e. The normalized spacial score (nSPS) is 15.2. The molecule has 0 spiro atoms. The molecule has 9 nitrogen and oxygen atoms in total. The van der Waals surface area contributed by atoms with Gasteiger partial charge in [-0.3, -0.25) is 18.9 Å². The number of aliphatic imine (C=N–C) groups is 1. The van der Waals surface area contributed by atoms with Gasteiger partial charge < -0.3 is 15.3 Å². The second-order valence-electron chi connectivity index (χ2n) is 9.90. The number of sulfonamides is 1. The van der Waals surface area contributed by atoms with E-state index >= 15 is 0 Å². The molecule has 210 valence electrons. The first kappa shape index (κ1) is 28.9. The SMILES string of the molecule is CN(C)CCN(c1ccc(N=C(c2ccc(CCC(=O)O)cc2)C2C(=O)Nc3cc(F)ccc32)cc1)S(C)(=O)=O. The van der Waals surface area contributed by atoms with E-state index < -0.39 is 27.7 Å². The highest BCUT2D eigenvalue weighted by atomic mass is 32.2. The van der Waals surface area contributed by atoms with Gasteiger partial charge in [0, 0.05) is 25.2 Å². The Kier molecular flexibility index (Phi) is 8.65. The lowest BCUT2D eigenvalue weighted by Gasteiger charge is -2.24. The third-order valence-corrected chi connectivity index (χ3v) is 7.73. The molecule has 0 fully saturated rings. The molecule has 0 aliphatic carbocycles. The van der Waals surface area contributed by atoms with E-state index in [9.17, 15) is 22.4 Å². The average Bonchev–Trinajstić information content (AvgIpc) is 3.20. The molecule has 3 aromatic rings. The van der Waals surface area contributed by atoms with Gasteiger partial charge in [0.2, 0.25) is 15.9 Å². The maximum Gasteiger partial charge on any atom is 0.303 e. The molecule has 0 bridgehead atoms. The van der Waals surface area contributed by atoms with Crippen molar-refractivity contribution in [2.45, 2.75) is 18.8 Å². The minimum Gasteiger partial charge on any atom is -0.481 e. The summed E-state index contributed by atoms with van der Waals surface area (Å²) in [6.45, 7) is 0.819. The minimum absolute atomic E-state index is 0.00431. The number of carbonyl (C=O) groups is 2. The summed E-state index contributed by atoms with van der Waals surface area (Å²) >= 11 is 0. The van der Waals surface area contributed by atoms with Crippen molar-refractivity contribution in [1.82, 2.24) is 4.90 Å². The molecule has 2 N–H and O–H groups in total. The van der Waals surface area contributed by atoms with E-state index in [1.807, 2.05) is 19.0 Å². The van der Waals surface area contributed by atoms with E-state index in [-0.39, 0.29) is 18.9 Å². The number of fused-ring (bicyclic) bond motifs is 1. The van der Waals surface area contributed by atoms with Crippen LogP contribution in [-0.4, -0.2) is 69.5 Å². The van der Waals surface area contributed by atoms with Gasteiger partial charge in [-0.25, -0.2) is 12.8 Å². The number of carbonyl (C=O) groups excluding carboxylic acids is 1. The van der Waals surface area contributed by atoms with Gasteiger partial charge in [0.1, 0.15) is 11.7 Å². The van der Waals surface area contributed by atoms with E-state index in [0.717, 1.165) is 11.8 Å². The molecule has 1 atom stereocenters. The quantitative estimate of drug-likeness (QED) is 0.339. The Balaban J connectivity index is 1.74. The molecular weight excluding hydrogens is 535 g/mol. The van der Waals surface area contributed by atoms with Crippen molar-refractivity contribution in [2.75, 3.05) is 43.1 Å². The number of halogens is 1. The summed E-state index contributed by atoms with van der Waals surface area (Å²) in [6.07, 6.45) is 1.52. The number of hydrogen-bond donors (Lipinski definition) is 2. The van der Waals surface area contributed by atoms with Crippen molar-refractivity contribution in [3.8, 4) is 0 Å². The molecule has 1 amide bonds. The van der Waals surface area contributed by atoms with Crippen molar-refractivity contribution in [3.05, 3.63) is 89.2 Å². The van der Waals surface area contributed by atoms with Crippen LogP contribution in [0.3, 0.4) is 0 Å². The Labute approximate surface area is 233 Å². The summed E-state index contributed by atoms with van der Waals surface area (Å²) < 4.78 is 40.1. The van der Waals surface area contributed by atoms with Crippen LogP contribution < -0.4 is 9.62 Å². The van der Waals surface area contributed by atoms with Gasteiger partial charge in [-0.2, -0.15) is 0 Å². The molecule has 0 saturated heterocycles. The largest absolute Gasteiger partial charge is 0.481 e. The van der Waals surface area contributed by atoms with E-state index in [2.05, 4.69) is 5.32 Å². The molecule has 3 aromatic carbocycles. The maximum absolute atomic E-state index is 13.9. The standard InChI is InChI=1S/C29H31FN4O5S/c1-33(2)16-17-34(40(3,38)39)23-12-10-22(11-13-23)31-28(20-7-4-19(5-8-20)6-15-26(35)36)27-24-14-9-21(30)18-25(24)32-29(27)37/h4-5,7-14,18,27H,6,15-17H2,1-3H3,(H,32,37)(H,35,36). The summed E-state index contributed by atoms with van der Waals surface area (Å²) in [4.78, 5) is 30.8. The highest BCUT2D eigenvalue weighted by Gasteiger charge is 2.35. The molecule has 0 saturated carbocycles. The van der Waals surface area contributed by atoms with Crippen LogP contribution in [0.5, 0.6) is 0 Å². The number of anilines is 2. The predicted molar refractivity (Wildman–Crippen MR) is 154 cm³/mol. The van der Waals surface area contributed by atoms with E-state index in [0.29, 0.717) is 46.9 Å². The molecule has 11 heteroatoms. The number of rotatable bonds is 11. The summed E-state index contributed by atoms with van der Waals surface area (Å²) in [7, 11) is 0.217. The van der Waals surface area contributed by atoms with Crippen molar-refractivity contribution in [1.29, 1.82) is 0 Å². The molecule has 40 heavy (non-hydrogen) atoms. The molecule has 1 aliphatic rings. The van der Waals surface area contributed by atoms with Gasteiger partial charge in [-0.15, -0.1) is 0 Å². The number of carboxylic acid groups (broad SMARTS) is 1. The van der Waals surface area contributed by atoms with Crippen LogP contribution in [0.15, 0.2) is 71.7 Å². The number of aliphatic carboxylic acids is 1. The first-order valence-electron chi connectivity index (χ1n) is 12.6. The Morgan fingerprint density at radius 3 is 2.30 bits per heavy atom. The number of nitrogens with zero attached hydrogens (tertiary/aromatic N) is 3. The summed E-state index contributed by atoms with van der Waals surface area (Å²) in [5, 5.41) is 11.7. The van der Waals surface area contributed by atoms with Crippen molar-refractivity contribution < 1.29 is 27.5 Å². The number of benzene rings is 3. The van der Waals surface area contributed by atoms with Crippen LogP contribution in [0.4, 0.5) is 21.5 Å². The van der Waals surface area contributed by atoms with E-state index in [1.165, 1.54) is 16.4 Å². The highest BCUT2D eigenvalue weighted by molar-refractivity contribution is 7.92. The fourth-order valence-corrected chi connectivity index (χ4v) is 5.42. The number of likely N-dealkylation sites (N-methyl/N-ethyl adjacent to an activating group) is 1. The van der Waals surface area contributed by atoms with Crippen LogP contribution in [0.2, 0.25) is 0 Å². The third kappa shape index (κ3) is 6.91. The first-order chi connectivity index (χ1) is 18.9. The van der Waals surface area contributed by atoms with Crippen LogP contribution in [0.25, 0.3) is 0 Å². The number of nitrogens with one attached hydrogen (secondary N) is 1. The van der Waals surface area contributed by atoms with Crippen LogP contribution in [0.1, 0.15) is 29.0 Å². The van der Waals surface area contributed by atoms with Crippen LogP contribution >= 0.6 is 0 Å². The van der Waals surface area contributed by atoms with Gasteiger partial charge in [0.15, 0.2) is 0 Å². The summed E-state index contributed by atoms with van der Waals surface area (Å²) in [6, 6.07) is 18.0. The van der Waals surface area contributed by atoms with Gasteiger partial charge in [0.05, 0.1) is 23.3 Å². The molecule has 0 aromatic heterocycles. The van der Waals surface area contributed by atoms with Crippen molar-refractivity contribution >= 4 is 44.7 Å². The third-order valence-electron chi connectivity index (χ3n) is 6.53. The Hall–Kier alpha value is -4.09. The highest BCUT2D eigenvalue weighted by Crippen LogP contribution is 2.37. The number of aryl methyl sites for hydroxylation is 1.